The van der Waals surface area contributed by atoms with Gasteiger partial charge in [0.25, 0.3) is 0 Å². The molecule has 4 heteroatoms. The van der Waals surface area contributed by atoms with Crippen molar-refractivity contribution in [3.05, 3.63) is 36.9 Å². The Labute approximate surface area is 66.9 Å². The molecule has 2 aromatic rings. The zero-order valence-electron chi connectivity index (χ0n) is 7.75. The Kier molecular flexibility index (Phi) is 1.01. The molecule has 2 heterocycles. The lowest BCUT2D eigenvalue weighted by molar-refractivity contribution is 0.503. The Morgan fingerprint density at radius 3 is 2.00 bits per heavy atom. The first-order chi connectivity index (χ1) is 6.21. The average Bonchev–Trinajstić information content (AvgIpc) is 2.78. The van der Waals surface area contributed by atoms with Crippen LogP contribution in [0, 0.1) is 0 Å². The number of nitrogens with zero attached hydrogens (tertiary/aromatic N) is 4. The molecule has 11 heavy (non-hydrogen) atoms. The first kappa shape index (κ1) is 4.33. The SMILES string of the molecule is [2H]C([2H])(n1cccn1)n1cccn1. The Bertz CT molecular complexity index is 329. The smallest absolute Gasteiger partial charge is 0.133 e. The van der Waals surface area contributed by atoms with Crippen LogP contribution in [0.15, 0.2) is 36.9 Å². The van der Waals surface area contributed by atoms with E-state index in [1.165, 1.54) is 21.8 Å². The minimum atomic E-state index is -1.74. The molecular weight excluding hydrogens is 140 g/mol. The van der Waals surface area contributed by atoms with E-state index in [1.807, 2.05) is 0 Å². The molecule has 0 spiro atoms. The summed E-state index contributed by atoms with van der Waals surface area (Å²) < 4.78 is 17.8. The van der Waals surface area contributed by atoms with Gasteiger partial charge in [-0.3, -0.25) is 9.36 Å². The quantitative estimate of drug-likeness (QED) is 0.628. The van der Waals surface area contributed by atoms with Gasteiger partial charge in [-0.05, 0) is 12.1 Å². The van der Waals surface area contributed by atoms with Gasteiger partial charge in [0.2, 0.25) is 0 Å². The fourth-order valence-electron chi connectivity index (χ4n) is 0.761. The highest BCUT2D eigenvalue weighted by atomic mass is 15.4. The highest BCUT2D eigenvalue weighted by molar-refractivity contribution is 4.80. The van der Waals surface area contributed by atoms with E-state index in [2.05, 4.69) is 10.2 Å². The maximum Gasteiger partial charge on any atom is 0.133 e. The summed E-state index contributed by atoms with van der Waals surface area (Å²) in [4.78, 5) is 0. The second kappa shape index (κ2) is 2.57. The molecule has 0 atom stereocenters. The van der Waals surface area contributed by atoms with Crippen LogP contribution in [0.3, 0.4) is 0 Å². The molecule has 2 aromatic heterocycles. The minimum absolute atomic E-state index is 1.21. The third kappa shape index (κ3) is 1.29. The van der Waals surface area contributed by atoms with Crippen LogP contribution >= 0.6 is 0 Å². The van der Waals surface area contributed by atoms with E-state index >= 15 is 0 Å². The van der Waals surface area contributed by atoms with Crippen LogP contribution in [0.2, 0.25) is 0 Å². The molecule has 0 N–H and O–H groups in total. The summed E-state index contributed by atoms with van der Waals surface area (Å²) in [5.41, 5.74) is 0. The van der Waals surface area contributed by atoms with Crippen molar-refractivity contribution in [3.8, 4) is 0 Å². The first-order valence-corrected chi connectivity index (χ1v) is 3.21. The van der Waals surface area contributed by atoms with E-state index in [1.54, 1.807) is 24.5 Å². The summed E-state index contributed by atoms with van der Waals surface area (Å²) in [7, 11) is 0. The highest BCUT2D eigenvalue weighted by Crippen LogP contribution is 1.87. The van der Waals surface area contributed by atoms with E-state index in [0.717, 1.165) is 0 Å². The topological polar surface area (TPSA) is 35.6 Å². The van der Waals surface area contributed by atoms with Gasteiger partial charge >= 0.3 is 0 Å². The van der Waals surface area contributed by atoms with Gasteiger partial charge in [-0.2, -0.15) is 10.2 Å². The summed E-state index contributed by atoms with van der Waals surface area (Å²) in [6, 6.07) is 3.34. The van der Waals surface area contributed by atoms with Gasteiger partial charge in [0.15, 0.2) is 0 Å². The number of hydrogen-bond acceptors (Lipinski definition) is 2. The van der Waals surface area contributed by atoms with Crippen molar-refractivity contribution in [2.24, 2.45) is 0 Å². The molecule has 0 saturated heterocycles. The maximum atomic E-state index is 7.71. The molecule has 0 aromatic carbocycles. The van der Waals surface area contributed by atoms with E-state index in [4.69, 9.17) is 2.74 Å². The molecule has 0 fully saturated rings. The van der Waals surface area contributed by atoms with E-state index < -0.39 is 6.62 Å². The molecule has 0 aliphatic rings. The van der Waals surface area contributed by atoms with Crippen LogP contribution < -0.4 is 0 Å². The summed E-state index contributed by atoms with van der Waals surface area (Å²) >= 11 is 0. The van der Waals surface area contributed by atoms with Gasteiger partial charge in [0.1, 0.15) is 6.62 Å². The van der Waals surface area contributed by atoms with E-state index in [9.17, 15) is 0 Å². The molecule has 0 unspecified atom stereocenters. The van der Waals surface area contributed by atoms with Crippen LogP contribution in [0.1, 0.15) is 2.74 Å². The zero-order valence-corrected chi connectivity index (χ0v) is 5.75. The Morgan fingerprint density at radius 1 is 1.09 bits per heavy atom. The number of rotatable bonds is 2. The largest absolute Gasteiger partial charge is 0.251 e. The number of aromatic nitrogens is 4. The second-order valence-corrected chi connectivity index (χ2v) is 2.00. The van der Waals surface area contributed by atoms with Crippen molar-refractivity contribution < 1.29 is 2.74 Å². The monoisotopic (exact) mass is 150 g/mol. The Morgan fingerprint density at radius 2 is 1.64 bits per heavy atom. The normalized spacial score (nSPS) is 14.2. The fraction of sp³-hybridized carbons (Fsp3) is 0.143. The van der Waals surface area contributed by atoms with E-state index in [-0.39, 0.29) is 0 Å². The van der Waals surface area contributed by atoms with Gasteiger partial charge in [-0.15, -0.1) is 0 Å². The molecule has 0 amide bonds. The molecule has 0 saturated carbocycles. The van der Waals surface area contributed by atoms with Crippen molar-refractivity contribution in [2.75, 3.05) is 0 Å². The Balaban J connectivity index is 2.42. The molecule has 0 radical (unpaired) electrons. The standard InChI is InChI=1S/C7H8N4/c1-3-8-10(5-1)7-11-6-2-4-9-11/h1-6H,7H2/i7D2. The van der Waals surface area contributed by atoms with Gasteiger partial charge in [-0.1, -0.05) is 0 Å². The van der Waals surface area contributed by atoms with Crippen LogP contribution in [0.5, 0.6) is 0 Å². The van der Waals surface area contributed by atoms with Crippen LogP contribution in [0.4, 0.5) is 0 Å². The average molecular weight is 150 g/mol. The number of hydrogen-bond donors (Lipinski definition) is 0. The molecule has 4 nitrogen and oxygen atoms in total. The fourth-order valence-corrected chi connectivity index (χ4v) is 0.761. The van der Waals surface area contributed by atoms with Crippen molar-refractivity contribution >= 4 is 0 Å². The molecular formula is C7H8N4. The summed E-state index contributed by atoms with van der Waals surface area (Å²) in [6.45, 7) is -1.74. The van der Waals surface area contributed by atoms with Crippen molar-refractivity contribution in [1.82, 2.24) is 19.6 Å². The third-order valence-electron chi connectivity index (χ3n) is 1.21. The molecule has 56 valence electrons. The summed E-state index contributed by atoms with van der Waals surface area (Å²) in [5, 5.41) is 7.65. The second-order valence-electron chi connectivity index (χ2n) is 2.00. The molecule has 2 rings (SSSR count). The molecule has 0 aliphatic heterocycles. The maximum absolute atomic E-state index is 7.71. The van der Waals surface area contributed by atoms with Crippen LogP contribution in [0.25, 0.3) is 0 Å². The lowest BCUT2D eigenvalue weighted by atomic mass is 10.7. The van der Waals surface area contributed by atoms with E-state index in [0.29, 0.717) is 0 Å². The highest BCUT2D eigenvalue weighted by Gasteiger charge is 1.90. The predicted molar refractivity (Wildman–Crippen MR) is 39.9 cm³/mol. The van der Waals surface area contributed by atoms with Gasteiger partial charge in [0, 0.05) is 24.8 Å². The molecule has 0 bridgehead atoms. The van der Waals surface area contributed by atoms with Crippen molar-refractivity contribution in [3.63, 3.8) is 0 Å². The summed E-state index contributed by atoms with van der Waals surface area (Å²) in [6.07, 6.45) is 6.17. The third-order valence-corrected chi connectivity index (χ3v) is 1.21. The molecule has 0 aliphatic carbocycles. The van der Waals surface area contributed by atoms with Gasteiger partial charge < -0.3 is 0 Å². The van der Waals surface area contributed by atoms with Gasteiger partial charge in [-0.25, -0.2) is 0 Å². The zero-order chi connectivity index (χ0) is 9.31. The predicted octanol–water partition coefficient (Wildman–Crippen LogP) is 0.585. The first-order valence-electron chi connectivity index (χ1n) is 4.21. The lowest BCUT2D eigenvalue weighted by Gasteiger charge is -1.99. The van der Waals surface area contributed by atoms with Crippen molar-refractivity contribution in [1.29, 1.82) is 0 Å². The van der Waals surface area contributed by atoms with Crippen molar-refractivity contribution in [2.45, 2.75) is 6.62 Å². The Hall–Kier alpha value is -1.58. The minimum Gasteiger partial charge on any atom is -0.251 e. The van der Waals surface area contributed by atoms with Gasteiger partial charge in [0.05, 0.1) is 2.74 Å². The van der Waals surface area contributed by atoms with Crippen LogP contribution in [-0.2, 0) is 6.62 Å². The lowest BCUT2D eigenvalue weighted by Crippen LogP contribution is -2.08. The van der Waals surface area contributed by atoms with Crippen LogP contribution in [-0.4, -0.2) is 19.6 Å². The summed E-state index contributed by atoms with van der Waals surface area (Å²) in [5.74, 6) is 0.